The largest absolute Gasteiger partial charge is 0.244 e. The Labute approximate surface area is 75.7 Å². The van der Waals surface area contributed by atoms with E-state index in [4.69, 9.17) is 0 Å². The molecule has 0 amide bonds. The minimum Gasteiger partial charge on any atom is -0.244 e. The minimum atomic E-state index is 1.00. The van der Waals surface area contributed by atoms with Gasteiger partial charge in [0, 0.05) is 10.4 Å². The van der Waals surface area contributed by atoms with Crippen LogP contribution in [0.2, 0.25) is 0 Å². The molecule has 0 aliphatic heterocycles. The van der Waals surface area contributed by atoms with Crippen molar-refractivity contribution in [1.82, 2.24) is 4.98 Å². The molecule has 0 fully saturated rings. The lowest BCUT2D eigenvalue weighted by Gasteiger charge is -1.95. The predicted octanol–water partition coefficient (Wildman–Crippen LogP) is 2.99. The first-order chi connectivity index (χ1) is 5.88. The van der Waals surface area contributed by atoms with Crippen molar-refractivity contribution in [2.24, 2.45) is 0 Å². The molecule has 0 unspecified atom stereocenters. The summed E-state index contributed by atoms with van der Waals surface area (Å²) >= 11 is 1.58. The third-order valence-corrected chi connectivity index (χ3v) is 2.38. The van der Waals surface area contributed by atoms with Gasteiger partial charge in [0.15, 0.2) is 0 Å². The molecule has 0 spiro atoms. The average Bonchev–Trinajstić information content (AvgIpc) is 2.53. The van der Waals surface area contributed by atoms with Gasteiger partial charge in [0.25, 0.3) is 0 Å². The minimum absolute atomic E-state index is 1.00. The van der Waals surface area contributed by atoms with Gasteiger partial charge in [-0.25, -0.2) is 4.98 Å². The Morgan fingerprint density at radius 1 is 1.17 bits per heavy atom. The van der Waals surface area contributed by atoms with Gasteiger partial charge < -0.3 is 0 Å². The van der Waals surface area contributed by atoms with Crippen molar-refractivity contribution < 1.29 is 0 Å². The summed E-state index contributed by atoms with van der Waals surface area (Å²) in [6, 6.07) is 10.1. The quantitative estimate of drug-likeness (QED) is 0.647. The number of hydrogen-bond donors (Lipinski definition) is 0. The van der Waals surface area contributed by atoms with Crippen LogP contribution in [0.3, 0.4) is 0 Å². The maximum Gasteiger partial charge on any atom is 0.0843 e. The van der Waals surface area contributed by atoms with E-state index in [1.807, 2.05) is 35.8 Å². The maximum absolute atomic E-state index is 4.24. The summed E-state index contributed by atoms with van der Waals surface area (Å²) in [5, 5.41) is 0. The molecule has 0 saturated heterocycles. The first-order valence-corrected chi connectivity index (χ1v) is 4.57. The highest BCUT2D eigenvalue weighted by atomic mass is 32.1. The van der Waals surface area contributed by atoms with Crippen LogP contribution in [0.5, 0.6) is 0 Å². The Morgan fingerprint density at radius 3 is 2.50 bits per heavy atom. The average molecular weight is 174 g/mol. The molecular weight excluding hydrogens is 166 g/mol. The molecule has 1 heterocycles. The highest BCUT2D eigenvalue weighted by Gasteiger charge is 2.02. The van der Waals surface area contributed by atoms with E-state index in [0.717, 1.165) is 16.1 Å². The molecule has 1 aromatic heterocycles. The van der Waals surface area contributed by atoms with Crippen molar-refractivity contribution in [3.8, 4) is 11.3 Å². The summed E-state index contributed by atoms with van der Waals surface area (Å²) in [6.45, 7) is 3.91. The summed E-state index contributed by atoms with van der Waals surface area (Å²) in [7, 11) is 0. The lowest BCUT2D eigenvalue weighted by molar-refractivity contribution is 1.40. The zero-order valence-corrected chi connectivity index (χ0v) is 7.34. The van der Waals surface area contributed by atoms with Gasteiger partial charge in [-0.2, -0.15) is 0 Å². The maximum atomic E-state index is 4.24. The zero-order chi connectivity index (χ0) is 8.39. The Bertz CT molecular complexity index is 364. The number of thiazole rings is 1. The molecule has 1 nitrogen and oxygen atoms in total. The van der Waals surface area contributed by atoms with Crippen LogP contribution in [-0.4, -0.2) is 4.98 Å². The van der Waals surface area contributed by atoms with E-state index < -0.39 is 0 Å². The van der Waals surface area contributed by atoms with Crippen LogP contribution in [0.1, 0.15) is 4.88 Å². The standard InChI is InChI=1S/C10H8NS/c1-8-10(11-7-12-8)9-5-3-2-4-6-9/h2-7H,1H2. The molecule has 12 heavy (non-hydrogen) atoms. The fourth-order valence-corrected chi connectivity index (χ4v) is 1.67. The second-order valence-corrected chi connectivity index (χ2v) is 3.43. The van der Waals surface area contributed by atoms with Crippen LogP contribution in [0, 0.1) is 6.92 Å². The van der Waals surface area contributed by atoms with Crippen LogP contribution in [0.25, 0.3) is 11.3 Å². The van der Waals surface area contributed by atoms with Gasteiger partial charge in [-0.05, 0) is 6.92 Å². The monoisotopic (exact) mass is 174 g/mol. The van der Waals surface area contributed by atoms with Crippen molar-refractivity contribution in [2.45, 2.75) is 0 Å². The van der Waals surface area contributed by atoms with Crippen LogP contribution >= 0.6 is 11.3 Å². The fourth-order valence-electron chi connectivity index (χ4n) is 1.10. The van der Waals surface area contributed by atoms with E-state index in [0.29, 0.717) is 0 Å². The summed E-state index contributed by atoms with van der Waals surface area (Å²) < 4.78 is 0. The molecule has 1 radical (unpaired) electrons. The highest BCUT2D eigenvalue weighted by molar-refractivity contribution is 7.10. The molecule has 0 atom stereocenters. The third-order valence-electron chi connectivity index (χ3n) is 1.69. The Hall–Kier alpha value is -1.15. The van der Waals surface area contributed by atoms with Crippen LogP contribution < -0.4 is 0 Å². The zero-order valence-electron chi connectivity index (χ0n) is 6.53. The lowest BCUT2D eigenvalue weighted by atomic mass is 10.1. The van der Waals surface area contributed by atoms with Crippen LogP contribution in [0.15, 0.2) is 35.8 Å². The van der Waals surface area contributed by atoms with Gasteiger partial charge in [0.05, 0.1) is 11.2 Å². The number of nitrogens with zero attached hydrogens (tertiary/aromatic N) is 1. The normalized spacial score (nSPS) is 10.1. The van der Waals surface area contributed by atoms with E-state index >= 15 is 0 Å². The predicted molar refractivity (Wildman–Crippen MR) is 52.0 cm³/mol. The Kier molecular flexibility index (Phi) is 1.92. The first kappa shape index (κ1) is 7.50. The molecule has 0 saturated carbocycles. The molecular formula is C10H8NS. The summed E-state index contributed by atoms with van der Waals surface area (Å²) in [4.78, 5) is 5.27. The fraction of sp³-hybridized carbons (Fsp3) is 0. The van der Waals surface area contributed by atoms with Crippen molar-refractivity contribution in [3.05, 3.63) is 47.6 Å². The highest BCUT2D eigenvalue weighted by Crippen LogP contribution is 2.23. The smallest absolute Gasteiger partial charge is 0.0843 e. The van der Waals surface area contributed by atoms with Crippen LogP contribution in [-0.2, 0) is 0 Å². The number of benzene rings is 1. The lowest BCUT2D eigenvalue weighted by Crippen LogP contribution is -1.77. The van der Waals surface area contributed by atoms with Gasteiger partial charge in [-0.1, -0.05) is 30.3 Å². The SMILES string of the molecule is [CH2]c1scnc1-c1ccccc1. The molecule has 0 N–H and O–H groups in total. The van der Waals surface area contributed by atoms with Gasteiger partial charge in [-0.15, -0.1) is 11.3 Å². The Morgan fingerprint density at radius 2 is 1.92 bits per heavy atom. The van der Waals surface area contributed by atoms with Crippen LogP contribution in [0.4, 0.5) is 0 Å². The molecule has 2 rings (SSSR count). The van der Waals surface area contributed by atoms with E-state index in [1.165, 1.54) is 0 Å². The molecule has 0 bridgehead atoms. The van der Waals surface area contributed by atoms with Crippen molar-refractivity contribution in [3.63, 3.8) is 0 Å². The van der Waals surface area contributed by atoms with E-state index in [2.05, 4.69) is 11.9 Å². The topological polar surface area (TPSA) is 12.9 Å². The molecule has 0 aliphatic rings. The number of aromatic nitrogens is 1. The third kappa shape index (κ3) is 1.25. The summed E-state index contributed by atoms with van der Waals surface area (Å²) in [5.74, 6) is 0. The van der Waals surface area contributed by atoms with Crippen molar-refractivity contribution in [2.75, 3.05) is 0 Å². The van der Waals surface area contributed by atoms with E-state index in [9.17, 15) is 0 Å². The number of hydrogen-bond acceptors (Lipinski definition) is 2. The van der Waals surface area contributed by atoms with Gasteiger partial charge in [-0.3, -0.25) is 0 Å². The molecule has 2 aromatic rings. The van der Waals surface area contributed by atoms with Gasteiger partial charge in [0.1, 0.15) is 0 Å². The van der Waals surface area contributed by atoms with Crippen molar-refractivity contribution in [1.29, 1.82) is 0 Å². The second-order valence-electron chi connectivity index (χ2n) is 2.49. The summed E-state index contributed by atoms with van der Waals surface area (Å²) in [5.41, 5.74) is 3.97. The van der Waals surface area contributed by atoms with Crippen molar-refractivity contribution >= 4 is 11.3 Å². The molecule has 59 valence electrons. The van der Waals surface area contributed by atoms with Gasteiger partial charge >= 0.3 is 0 Å². The van der Waals surface area contributed by atoms with E-state index in [1.54, 1.807) is 11.3 Å². The first-order valence-electron chi connectivity index (χ1n) is 3.69. The van der Waals surface area contributed by atoms with E-state index in [-0.39, 0.29) is 0 Å². The summed E-state index contributed by atoms with van der Waals surface area (Å²) in [6.07, 6.45) is 0. The molecule has 1 aromatic carbocycles. The van der Waals surface area contributed by atoms with Gasteiger partial charge in [0.2, 0.25) is 0 Å². The second kappa shape index (κ2) is 3.07. The Balaban J connectivity index is 2.51. The number of rotatable bonds is 1. The molecule has 2 heteroatoms. The molecule has 0 aliphatic carbocycles.